The van der Waals surface area contributed by atoms with Gasteiger partial charge in [0.2, 0.25) is 5.91 Å². The normalized spacial score (nSPS) is 26.6. The summed E-state index contributed by atoms with van der Waals surface area (Å²) in [4.78, 5) is 22.3. The highest BCUT2D eigenvalue weighted by molar-refractivity contribution is 5.82. The molecule has 1 N–H and O–H groups in total. The smallest absolute Gasteiger partial charge is 0.228 e. The Bertz CT molecular complexity index is 1420. The fourth-order valence-electron chi connectivity index (χ4n) is 5.99. The van der Waals surface area contributed by atoms with Crippen LogP contribution >= 0.6 is 0 Å². The zero-order valence-electron chi connectivity index (χ0n) is 21.7. The van der Waals surface area contributed by atoms with Crippen LogP contribution in [0.5, 0.6) is 0 Å². The van der Waals surface area contributed by atoms with Crippen molar-refractivity contribution < 1.29 is 14.3 Å². The van der Waals surface area contributed by atoms with Crippen LogP contribution in [0.2, 0.25) is 0 Å². The molecular weight excluding hydrogens is 497 g/mol. The van der Waals surface area contributed by atoms with Crippen LogP contribution in [-0.2, 0) is 10.4 Å². The van der Waals surface area contributed by atoms with Gasteiger partial charge in [-0.15, -0.1) is 10.2 Å². The molecule has 1 unspecified atom stereocenters. The van der Waals surface area contributed by atoms with Crippen molar-refractivity contribution in [2.24, 2.45) is 17.8 Å². The zero-order chi connectivity index (χ0) is 27.7. The number of halogens is 1. The first-order valence-corrected chi connectivity index (χ1v) is 12.9. The van der Waals surface area contributed by atoms with E-state index < -0.39 is 11.5 Å². The lowest BCUT2D eigenvalue weighted by molar-refractivity contribution is -0.152. The number of amides is 1. The highest BCUT2D eigenvalue weighted by Crippen LogP contribution is 2.43. The molecule has 9 nitrogen and oxygen atoms in total. The molecule has 2 aromatic heterocycles. The Labute approximate surface area is 226 Å². The largest absolute Gasteiger partial charge is 0.384 e. The van der Waals surface area contributed by atoms with Crippen LogP contribution in [0.25, 0.3) is 0 Å². The number of benzene rings is 1. The quantitative estimate of drug-likeness (QED) is 0.550. The number of rotatable bonds is 4. The minimum absolute atomic E-state index is 0.0462. The van der Waals surface area contributed by atoms with Crippen LogP contribution in [-0.4, -0.2) is 57.3 Å². The molecular formula is C29H28FN7O2. The van der Waals surface area contributed by atoms with Crippen molar-refractivity contribution in [1.29, 1.82) is 10.5 Å². The maximum absolute atomic E-state index is 14.1. The predicted octanol–water partition coefficient (Wildman–Crippen LogP) is 2.98. The van der Waals surface area contributed by atoms with Crippen molar-refractivity contribution in [3.05, 3.63) is 83.1 Å². The summed E-state index contributed by atoms with van der Waals surface area (Å²) in [6.45, 7) is 5.36. The Balaban J connectivity index is 1.41. The number of aliphatic hydroxyl groups is 1. The molecule has 2 fully saturated rings. The number of nitriles is 2. The number of pyridine rings is 1. The minimum atomic E-state index is -1.20. The number of carbonyl (C=O) groups excluding carboxylic acids is 1. The van der Waals surface area contributed by atoms with E-state index >= 15 is 0 Å². The number of hydrogen-bond donors (Lipinski definition) is 1. The molecule has 2 aliphatic rings. The third-order valence-corrected chi connectivity index (χ3v) is 8.13. The molecule has 5 atom stereocenters. The molecule has 0 aliphatic carbocycles. The highest BCUT2D eigenvalue weighted by atomic mass is 19.1. The summed E-state index contributed by atoms with van der Waals surface area (Å²) in [6, 6.07) is 16.7. The molecule has 5 rings (SSSR count). The summed E-state index contributed by atoms with van der Waals surface area (Å²) < 4.78 is 13.5. The van der Waals surface area contributed by atoms with E-state index in [-0.39, 0.29) is 35.2 Å². The van der Waals surface area contributed by atoms with Gasteiger partial charge in [-0.05, 0) is 42.0 Å². The van der Waals surface area contributed by atoms with Gasteiger partial charge in [-0.25, -0.2) is 4.39 Å². The maximum atomic E-state index is 14.1. The summed E-state index contributed by atoms with van der Waals surface area (Å²) >= 11 is 0. The molecule has 0 spiro atoms. The third-order valence-electron chi connectivity index (χ3n) is 8.13. The second kappa shape index (κ2) is 10.4. The molecule has 1 amide bonds. The SMILES string of the molecule is C[C@@H]1CN(C(=O)[C@@H]2CN(c3ccc(C#N)nn3)C[C@H]2c2ccc(C#N)cn2)C[C@H](C)C1(O)c1ccc(F)cc1. The molecule has 0 saturated carbocycles. The summed E-state index contributed by atoms with van der Waals surface area (Å²) in [5.74, 6) is -1.13. The lowest BCUT2D eigenvalue weighted by atomic mass is 9.70. The summed E-state index contributed by atoms with van der Waals surface area (Å²) in [7, 11) is 0. The van der Waals surface area contributed by atoms with E-state index in [2.05, 4.69) is 21.3 Å². The van der Waals surface area contributed by atoms with Gasteiger partial charge in [0.15, 0.2) is 11.5 Å². The van der Waals surface area contributed by atoms with E-state index in [1.165, 1.54) is 18.3 Å². The van der Waals surface area contributed by atoms with Crippen LogP contribution in [0.3, 0.4) is 0 Å². The Morgan fingerprint density at radius 2 is 1.69 bits per heavy atom. The average Bonchev–Trinajstić information content (AvgIpc) is 3.41. The van der Waals surface area contributed by atoms with Crippen LogP contribution in [0, 0.1) is 46.2 Å². The maximum Gasteiger partial charge on any atom is 0.228 e. The zero-order valence-corrected chi connectivity index (χ0v) is 21.7. The first-order valence-electron chi connectivity index (χ1n) is 12.9. The summed E-state index contributed by atoms with van der Waals surface area (Å²) in [5.41, 5.74) is 0.798. The molecule has 0 radical (unpaired) electrons. The topological polar surface area (TPSA) is 130 Å². The molecule has 1 aromatic carbocycles. The molecule has 4 heterocycles. The fourth-order valence-corrected chi connectivity index (χ4v) is 5.99. The molecule has 2 saturated heterocycles. The van der Waals surface area contributed by atoms with Gasteiger partial charge in [0.05, 0.1) is 17.1 Å². The summed E-state index contributed by atoms with van der Waals surface area (Å²) in [6.07, 6.45) is 1.51. The monoisotopic (exact) mass is 525 g/mol. The minimum Gasteiger partial charge on any atom is -0.384 e. The standard InChI is InChI=1S/C29H28FN7O2/c1-18-14-37(15-19(2)29(18,39)21-4-6-22(30)7-5-21)28(38)25-17-36(27-10-8-23(12-32)34-35-27)16-24(25)26-9-3-20(11-31)13-33-26/h3-10,13,18-19,24-25,39H,14-17H2,1-2H3/t18-,19+,24-,25-,29?/m1/s1. The molecule has 198 valence electrons. The van der Waals surface area contributed by atoms with Crippen LogP contribution < -0.4 is 4.90 Å². The van der Waals surface area contributed by atoms with Crippen molar-refractivity contribution in [3.8, 4) is 12.1 Å². The van der Waals surface area contributed by atoms with Gasteiger partial charge in [0.25, 0.3) is 0 Å². The van der Waals surface area contributed by atoms with Gasteiger partial charge in [-0.3, -0.25) is 9.78 Å². The highest BCUT2D eigenvalue weighted by Gasteiger charge is 2.49. The Morgan fingerprint density at radius 1 is 0.974 bits per heavy atom. The van der Waals surface area contributed by atoms with E-state index in [4.69, 9.17) is 5.26 Å². The van der Waals surface area contributed by atoms with E-state index in [1.807, 2.05) is 29.7 Å². The number of anilines is 1. The Morgan fingerprint density at radius 3 is 2.26 bits per heavy atom. The van der Waals surface area contributed by atoms with Crippen molar-refractivity contribution >= 4 is 11.7 Å². The number of carbonyl (C=O) groups is 1. The first kappa shape index (κ1) is 26.2. The van der Waals surface area contributed by atoms with Crippen molar-refractivity contribution in [3.63, 3.8) is 0 Å². The van der Waals surface area contributed by atoms with Crippen molar-refractivity contribution in [2.45, 2.75) is 25.4 Å². The number of hydrogen-bond acceptors (Lipinski definition) is 8. The Kier molecular flexibility index (Phi) is 6.98. The van der Waals surface area contributed by atoms with Gasteiger partial charge in [0.1, 0.15) is 18.0 Å². The third kappa shape index (κ3) is 4.80. The summed E-state index contributed by atoms with van der Waals surface area (Å²) in [5, 5.41) is 38.1. The van der Waals surface area contributed by atoms with Gasteiger partial charge in [0, 0.05) is 55.8 Å². The van der Waals surface area contributed by atoms with E-state index in [1.54, 1.807) is 36.4 Å². The van der Waals surface area contributed by atoms with Gasteiger partial charge < -0.3 is 14.9 Å². The van der Waals surface area contributed by atoms with Gasteiger partial charge >= 0.3 is 0 Å². The van der Waals surface area contributed by atoms with Crippen LogP contribution in [0.15, 0.2) is 54.7 Å². The predicted molar refractivity (Wildman–Crippen MR) is 139 cm³/mol. The number of nitrogens with zero attached hydrogens (tertiary/aromatic N) is 7. The number of likely N-dealkylation sites (tertiary alicyclic amines) is 1. The lowest BCUT2D eigenvalue weighted by Gasteiger charge is -2.48. The van der Waals surface area contributed by atoms with E-state index in [0.29, 0.717) is 48.8 Å². The number of piperidine rings is 1. The molecule has 39 heavy (non-hydrogen) atoms. The lowest BCUT2D eigenvalue weighted by Crippen LogP contribution is -2.57. The average molecular weight is 526 g/mol. The molecule has 0 bridgehead atoms. The van der Waals surface area contributed by atoms with Gasteiger partial charge in [-0.2, -0.15) is 10.5 Å². The first-order chi connectivity index (χ1) is 18.7. The van der Waals surface area contributed by atoms with Crippen molar-refractivity contribution in [1.82, 2.24) is 20.1 Å². The molecule has 3 aromatic rings. The molecule has 2 aliphatic heterocycles. The van der Waals surface area contributed by atoms with Gasteiger partial charge in [-0.1, -0.05) is 26.0 Å². The van der Waals surface area contributed by atoms with Crippen molar-refractivity contribution in [2.75, 3.05) is 31.1 Å². The van der Waals surface area contributed by atoms with Crippen LogP contribution in [0.4, 0.5) is 10.2 Å². The molecule has 10 heteroatoms. The Hall–Kier alpha value is -4.41. The van der Waals surface area contributed by atoms with E-state index in [9.17, 15) is 19.6 Å². The fraction of sp³-hybridized carbons (Fsp3) is 0.379. The second-order valence-electron chi connectivity index (χ2n) is 10.5. The second-order valence-corrected chi connectivity index (χ2v) is 10.5. The van der Waals surface area contributed by atoms with Crippen LogP contribution in [0.1, 0.15) is 42.3 Å². The van der Waals surface area contributed by atoms with E-state index in [0.717, 1.165) is 0 Å². The number of aromatic nitrogens is 3.